The van der Waals surface area contributed by atoms with Gasteiger partial charge in [-0.15, -0.1) is 0 Å². The molecule has 2 saturated heterocycles. The molecular weight excluding hydrogens is 212 g/mol. The summed E-state index contributed by atoms with van der Waals surface area (Å²) in [5.74, 6) is 0. The largest absolute Gasteiger partial charge is 0.377 e. The Hall–Kier alpha value is -0.120. The third-order valence-corrected chi connectivity index (χ3v) is 4.70. The molecule has 0 aromatic carbocycles. The van der Waals surface area contributed by atoms with Gasteiger partial charge in [-0.3, -0.25) is 4.90 Å². The molecule has 0 radical (unpaired) electrons. The van der Waals surface area contributed by atoms with Gasteiger partial charge in [0.1, 0.15) is 0 Å². The summed E-state index contributed by atoms with van der Waals surface area (Å²) in [6.07, 6.45) is 6.83. The fraction of sp³-hybridized carbons (Fsp3) is 1.00. The van der Waals surface area contributed by atoms with Crippen LogP contribution in [-0.4, -0.2) is 49.3 Å². The van der Waals surface area contributed by atoms with Crippen molar-refractivity contribution < 1.29 is 4.74 Å². The minimum Gasteiger partial charge on any atom is -0.377 e. The average molecular weight is 240 g/mol. The molecule has 17 heavy (non-hydrogen) atoms. The molecule has 0 saturated carbocycles. The van der Waals surface area contributed by atoms with Crippen LogP contribution in [0.2, 0.25) is 0 Å². The van der Waals surface area contributed by atoms with Gasteiger partial charge in [-0.1, -0.05) is 13.8 Å². The van der Waals surface area contributed by atoms with E-state index in [1.54, 1.807) is 0 Å². The van der Waals surface area contributed by atoms with Crippen LogP contribution in [0, 0.1) is 0 Å². The SMILES string of the molecule is CCC1(CC)CNCCN1CC1CCCCO1. The lowest BCUT2D eigenvalue weighted by molar-refractivity contribution is -0.0418. The third-order valence-electron chi connectivity index (χ3n) is 4.70. The van der Waals surface area contributed by atoms with Crippen molar-refractivity contribution in [1.29, 1.82) is 0 Å². The highest BCUT2D eigenvalue weighted by Gasteiger charge is 2.36. The number of hydrogen-bond acceptors (Lipinski definition) is 3. The second-order valence-electron chi connectivity index (χ2n) is 5.54. The second-order valence-corrected chi connectivity index (χ2v) is 5.54. The molecule has 2 aliphatic heterocycles. The summed E-state index contributed by atoms with van der Waals surface area (Å²) in [4.78, 5) is 2.69. The first-order valence-electron chi connectivity index (χ1n) is 7.38. The summed E-state index contributed by atoms with van der Waals surface area (Å²) in [5, 5.41) is 3.56. The molecule has 2 fully saturated rings. The molecular formula is C14H28N2O. The van der Waals surface area contributed by atoms with E-state index in [-0.39, 0.29) is 0 Å². The zero-order valence-electron chi connectivity index (χ0n) is 11.5. The third kappa shape index (κ3) is 3.01. The quantitative estimate of drug-likeness (QED) is 0.813. The number of nitrogens with zero attached hydrogens (tertiary/aromatic N) is 1. The van der Waals surface area contributed by atoms with Gasteiger partial charge in [0, 0.05) is 38.3 Å². The lowest BCUT2D eigenvalue weighted by Crippen LogP contribution is -2.62. The maximum absolute atomic E-state index is 5.90. The summed E-state index contributed by atoms with van der Waals surface area (Å²) in [7, 11) is 0. The van der Waals surface area contributed by atoms with Gasteiger partial charge in [0.2, 0.25) is 0 Å². The standard InChI is InChI=1S/C14H28N2O/c1-3-14(4-2)12-15-8-9-16(14)11-13-7-5-6-10-17-13/h13,15H,3-12H2,1-2H3. The molecule has 0 spiro atoms. The van der Waals surface area contributed by atoms with Crippen molar-refractivity contribution in [3.8, 4) is 0 Å². The second kappa shape index (κ2) is 6.17. The van der Waals surface area contributed by atoms with E-state index in [1.165, 1.54) is 38.6 Å². The van der Waals surface area contributed by atoms with Gasteiger partial charge in [-0.25, -0.2) is 0 Å². The van der Waals surface area contributed by atoms with Crippen LogP contribution in [0.1, 0.15) is 46.0 Å². The Morgan fingerprint density at radius 2 is 2.12 bits per heavy atom. The Balaban J connectivity index is 1.95. The van der Waals surface area contributed by atoms with Crippen molar-refractivity contribution >= 4 is 0 Å². The highest BCUT2D eigenvalue weighted by atomic mass is 16.5. The molecule has 100 valence electrons. The van der Waals surface area contributed by atoms with E-state index in [0.717, 1.165) is 26.2 Å². The summed E-state index contributed by atoms with van der Waals surface area (Å²) in [6, 6.07) is 0. The molecule has 3 nitrogen and oxygen atoms in total. The smallest absolute Gasteiger partial charge is 0.0702 e. The van der Waals surface area contributed by atoms with Crippen molar-refractivity contribution in [3.05, 3.63) is 0 Å². The van der Waals surface area contributed by atoms with Crippen LogP contribution in [-0.2, 0) is 4.74 Å². The first-order valence-corrected chi connectivity index (χ1v) is 7.38. The zero-order valence-corrected chi connectivity index (χ0v) is 11.5. The maximum Gasteiger partial charge on any atom is 0.0702 e. The minimum absolute atomic E-state index is 0.374. The van der Waals surface area contributed by atoms with E-state index in [2.05, 4.69) is 24.1 Å². The predicted molar refractivity (Wildman–Crippen MR) is 71.3 cm³/mol. The van der Waals surface area contributed by atoms with Crippen LogP contribution in [0.15, 0.2) is 0 Å². The number of nitrogens with one attached hydrogen (secondary N) is 1. The molecule has 0 aromatic heterocycles. The monoisotopic (exact) mass is 240 g/mol. The summed E-state index contributed by atoms with van der Waals surface area (Å²) < 4.78 is 5.90. The lowest BCUT2D eigenvalue weighted by atomic mass is 9.88. The van der Waals surface area contributed by atoms with Gasteiger partial charge in [-0.2, -0.15) is 0 Å². The van der Waals surface area contributed by atoms with Gasteiger partial charge in [-0.05, 0) is 32.1 Å². The van der Waals surface area contributed by atoms with Crippen LogP contribution < -0.4 is 5.32 Å². The van der Waals surface area contributed by atoms with Crippen molar-refractivity contribution in [2.75, 3.05) is 32.8 Å². The molecule has 2 heterocycles. The van der Waals surface area contributed by atoms with E-state index < -0.39 is 0 Å². The Kier molecular flexibility index (Phi) is 4.83. The van der Waals surface area contributed by atoms with Gasteiger partial charge in [0.15, 0.2) is 0 Å². The summed E-state index contributed by atoms with van der Waals surface area (Å²) in [6.45, 7) is 10.2. The molecule has 2 rings (SSSR count). The van der Waals surface area contributed by atoms with Crippen LogP contribution in [0.3, 0.4) is 0 Å². The molecule has 1 atom stereocenters. The Morgan fingerprint density at radius 1 is 1.29 bits per heavy atom. The molecule has 0 bridgehead atoms. The fourth-order valence-electron chi connectivity index (χ4n) is 3.31. The molecule has 0 aliphatic carbocycles. The maximum atomic E-state index is 5.90. The first-order chi connectivity index (χ1) is 8.30. The Labute approximate surface area is 106 Å². The first kappa shape index (κ1) is 13.3. The van der Waals surface area contributed by atoms with Gasteiger partial charge >= 0.3 is 0 Å². The number of ether oxygens (including phenoxy) is 1. The van der Waals surface area contributed by atoms with Crippen LogP contribution >= 0.6 is 0 Å². The van der Waals surface area contributed by atoms with Crippen LogP contribution in [0.4, 0.5) is 0 Å². The highest BCUT2D eigenvalue weighted by Crippen LogP contribution is 2.27. The molecule has 0 amide bonds. The zero-order chi connectivity index (χ0) is 12.1. The molecule has 3 heteroatoms. The van der Waals surface area contributed by atoms with Crippen molar-refractivity contribution in [1.82, 2.24) is 10.2 Å². The molecule has 2 aliphatic rings. The van der Waals surface area contributed by atoms with Crippen molar-refractivity contribution in [2.24, 2.45) is 0 Å². The molecule has 0 aromatic rings. The predicted octanol–water partition coefficient (Wildman–Crippen LogP) is 2.02. The molecule has 1 unspecified atom stereocenters. The minimum atomic E-state index is 0.374. The van der Waals surface area contributed by atoms with Crippen molar-refractivity contribution in [3.63, 3.8) is 0 Å². The number of piperazine rings is 1. The van der Waals surface area contributed by atoms with Crippen molar-refractivity contribution in [2.45, 2.75) is 57.6 Å². The summed E-state index contributed by atoms with van der Waals surface area (Å²) in [5.41, 5.74) is 0.374. The summed E-state index contributed by atoms with van der Waals surface area (Å²) >= 11 is 0. The molecule has 1 N–H and O–H groups in total. The lowest BCUT2D eigenvalue weighted by Gasteiger charge is -2.48. The van der Waals surface area contributed by atoms with Gasteiger partial charge < -0.3 is 10.1 Å². The Morgan fingerprint density at radius 3 is 2.76 bits per heavy atom. The van der Waals surface area contributed by atoms with E-state index in [1.807, 2.05) is 0 Å². The topological polar surface area (TPSA) is 24.5 Å². The van der Waals surface area contributed by atoms with E-state index in [0.29, 0.717) is 11.6 Å². The normalized spacial score (nSPS) is 30.4. The van der Waals surface area contributed by atoms with Gasteiger partial charge in [0.05, 0.1) is 6.10 Å². The van der Waals surface area contributed by atoms with E-state index >= 15 is 0 Å². The average Bonchev–Trinajstić information content (AvgIpc) is 2.41. The van der Waals surface area contributed by atoms with Crippen LogP contribution in [0.25, 0.3) is 0 Å². The fourth-order valence-corrected chi connectivity index (χ4v) is 3.31. The number of rotatable bonds is 4. The van der Waals surface area contributed by atoms with E-state index in [9.17, 15) is 0 Å². The highest BCUT2D eigenvalue weighted by molar-refractivity contribution is 4.95. The van der Waals surface area contributed by atoms with Gasteiger partial charge in [0.25, 0.3) is 0 Å². The van der Waals surface area contributed by atoms with Crippen LogP contribution in [0.5, 0.6) is 0 Å². The Bertz CT molecular complexity index is 222. The number of hydrogen-bond donors (Lipinski definition) is 1. The van der Waals surface area contributed by atoms with E-state index in [4.69, 9.17) is 4.74 Å².